The van der Waals surface area contributed by atoms with Crippen LogP contribution in [0.2, 0.25) is 0 Å². The number of nitrogens with zero attached hydrogens (tertiary/aromatic N) is 3. The van der Waals surface area contributed by atoms with Gasteiger partial charge in [0.25, 0.3) is 0 Å². The van der Waals surface area contributed by atoms with Gasteiger partial charge >= 0.3 is 0 Å². The zero-order valence-corrected chi connectivity index (χ0v) is 16.7. The zero-order chi connectivity index (χ0) is 18.8. The van der Waals surface area contributed by atoms with E-state index in [-0.39, 0.29) is 17.2 Å². The fourth-order valence-corrected chi connectivity index (χ4v) is 5.14. The van der Waals surface area contributed by atoms with Crippen LogP contribution in [-0.4, -0.2) is 27.4 Å². The number of para-hydroxylation sites is 1. The van der Waals surface area contributed by atoms with Gasteiger partial charge in [-0.05, 0) is 44.0 Å². The number of hydrogen-bond donors (Lipinski definition) is 1. The molecule has 3 heterocycles. The Bertz CT molecular complexity index is 925. The Morgan fingerprint density at radius 1 is 1.37 bits per heavy atom. The van der Waals surface area contributed by atoms with E-state index < -0.39 is 0 Å². The van der Waals surface area contributed by atoms with Crippen LogP contribution in [0.5, 0.6) is 0 Å². The summed E-state index contributed by atoms with van der Waals surface area (Å²) in [5.74, 6) is 0.947. The van der Waals surface area contributed by atoms with Crippen LogP contribution >= 0.6 is 23.1 Å². The molecule has 3 aromatic rings. The lowest BCUT2D eigenvalue weighted by Gasteiger charge is -2.25. The van der Waals surface area contributed by atoms with Crippen molar-refractivity contribution >= 4 is 39.8 Å². The Morgan fingerprint density at radius 2 is 2.22 bits per heavy atom. The lowest BCUT2D eigenvalue weighted by molar-refractivity contribution is -0.118. The van der Waals surface area contributed by atoms with Crippen molar-refractivity contribution in [3.63, 3.8) is 0 Å². The summed E-state index contributed by atoms with van der Waals surface area (Å²) >= 11 is 2.90. The smallest absolute Gasteiger partial charge is 0.240 e. The summed E-state index contributed by atoms with van der Waals surface area (Å²) in [7, 11) is 0. The molecule has 0 radical (unpaired) electrons. The van der Waals surface area contributed by atoms with E-state index in [1.54, 1.807) is 6.26 Å². The second-order valence-corrected chi connectivity index (χ2v) is 9.02. The predicted molar refractivity (Wildman–Crippen MR) is 108 cm³/mol. The number of carbonyl (C=O) groups is 1. The third-order valence-electron chi connectivity index (χ3n) is 4.47. The minimum absolute atomic E-state index is 0.109. The van der Waals surface area contributed by atoms with Crippen LogP contribution in [-0.2, 0) is 17.8 Å². The van der Waals surface area contributed by atoms with Crippen molar-refractivity contribution in [3.05, 3.63) is 54.0 Å². The van der Waals surface area contributed by atoms with Gasteiger partial charge in [-0.15, -0.1) is 10.2 Å². The first kappa shape index (κ1) is 18.1. The third-order valence-corrected chi connectivity index (χ3v) is 6.52. The standard InChI is InChI=1S/C19H20N4O2S2/c1-12-10-14-6-3-4-8-16(14)23(12)17(24)13(2)26-19-22-21-18(27-19)20-11-15-7-5-9-25-15/h3-9,12-13H,10-11H2,1-2H3,(H,20,21). The van der Waals surface area contributed by atoms with E-state index in [2.05, 4.69) is 28.5 Å². The van der Waals surface area contributed by atoms with Crippen molar-refractivity contribution in [1.82, 2.24) is 10.2 Å². The van der Waals surface area contributed by atoms with E-state index in [1.165, 1.54) is 28.7 Å². The number of rotatable bonds is 6. The molecular formula is C19H20N4O2S2. The highest BCUT2D eigenvalue weighted by atomic mass is 32.2. The second kappa shape index (κ2) is 7.74. The Labute approximate surface area is 166 Å². The van der Waals surface area contributed by atoms with Crippen molar-refractivity contribution in [3.8, 4) is 0 Å². The van der Waals surface area contributed by atoms with Gasteiger partial charge in [0.2, 0.25) is 11.0 Å². The number of aromatic nitrogens is 2. The Morgan fingerprint density at radius 3 is 3.04 bits per heavy atom. The third kappa shape index (κ3) is 3.86. The minimum atomic E-state index is -0.232. The maximum atomic E-state index is 13.0. The molecule has 1 aliphatic heterocycles. The maximum Gasteiger partial charge on any atom is 0.240 e. The molecule has 0 saturated carbocycles. The first-order chi connectivity index (χ1) is 13.1. The van der Waals surface area contributed by atoms with Crippen LogP contribution in [0.15, 0.2) is 51.4 Å². The molecule has 1 N–H and O–H groups in total. The lowest BCUT2D eigenvalue weighted by atomic mass is 10.1. The Hall–Kier alpha value is -2.32. The highest BCUT2D eigenvalue weighted by molar-refractivity contribution is 8.02. The molecule has 2 aromatic heterocycles. The monoisotopic (exact) mass is 400 g/mol. The Kier molecular flexibility index (Phi) is 5.18. The summed E-state index contributed by atoms with van der Waals surface area (Å²) < 4.78 is 6.07. The number of amides is 1. The molecular weight excluding hydrogens is 380 g/mol. The minimum Gasteiger partial charge on any atom is -0.467 e. The molecule has 140 valence electrons. The normalized spacial score (nSPS) is 17.0. The van der Waals surface area contributed by atoms with E-state index in [0.717, 1.165) is 22.2 Å². The van der Waals surface area contributed by atoms with Gasteiger partial charge in [-0.2, -0.15) is 0 Å². The van der Waals surface area contributed by atoms with Crippen LogP contribution in [0.25, 0.3) is 0 Å². The van der Waals surface area contributed by atoms with Gasteiger partial charge in [0.05, 0.1) is 18.1 Å². The summed E-state index contributed by atoms with van der Waals surface area (Å²) in [6, 6.07) is 12.1. The average Bonchev–Trinajstić information content (AvgIpc) is 3.38. The van der Waals surface area contributed by atoms with E-state index in [0.29, 0.717) is 11.7 Å². The molecule has 0 bridgehead atoms. The first-order valence-corrected chi connectivity index (χ1v) is 10.5. The molecule has 0 aliphatic carbocycles. The number of anilines is 2. The van der Waals surface area contributed by atoms with Crippen molar-refractivity contribution in [2.45, 2.75) is 42.4 Å². The van der Waals surface area contributed by atoms with E-state index in [9.17, 15) is 4.79 Å². The molecule has 0 saturated heterocycles. The summed E-state index contributed by atoms with van der Waals surface area (Å²) in [5.41, 5.74) is 2.26. The van der Waals surface area contributed by atoms with E-state index in [1.807, 2.05) is 42.2 Å². The molecule has 1 aromatic carbocycles. The van der Waals surface area contributed by atoms with Crippen LogP contribution < -0.4 is 10.2 Å². The Balaban J connectivity index is 1.39. The van der Waals surface area contributed by atoms with Gasteiger partial charge in [-0.25, -0.2) is 0 Å². The van der Waals surface area contributed by atoms with Crippen molar-refractivity contribution in [1.29, 1.82) is 0 Å². The summed E-state index contributed by atoms with van der Waals surface area (Å²) in [4.78, 5) is 15.0. The summed E-state index contributed by atoms with van der Waals surface area (Å²) in [6.45, 7) is 4.58. The van der Waals surface area contributed by atoms with Gasteiger partial charge in [0, 0.05) is 11.7 Å². The zero-order valence-electron chi connectivity index (χ0n) is 15.1. The number of furan rings is 1. The number of nitrogens with one attached hydrogen (secondary N) is 1. The molecule has 4 rings (SSSR count). The van der Waals surface area contributed by atoms with Crippen LogP contribution in [0.3, 0.4) is 0 Å². The molecule has 8 heteroatoms. The lowest BCUT2D eigenvalue weighted by Crippen LogP contribution is -2.40. The number of fused-ring (bicyclic) bond motifs is 1. The number of carbonyl (C=O) groups excluding carboxylic acids is 1. The maximum absolute atomic E-state index is 13.0. The highest BCUT2D eigenvalue weighted by Crippen LogP contribution is 2.35. The second-order valence-electron chi connectivity index (χ2n) is 6.46. The fourth-order valence-electron chi connectivity index (χ4n) is 3.20. The van der Waals surface area contributed by atoms with E-state index >= 15 is 0 Å². The quantitative estimate of drug-likeness (QED) is 0.625. The van der Waals surface area contributed by atoms with Gasteiger partial charge < -0.3 is 14.6 Å². The van der Waals surface area contributed by atoms with Gasteiger partial charge in [0.1, 0.15) is 5.76 Å². The highest BCUT2D eigenvalue weighted by Gasteiger charge is 2.33. The van der Waals surface area contributed by atoms with Crippen LogP contribution in [0, 0.1) is 0 Å². The molecule has 2 atom stereocenters. The van der Waals surface area contributed by atoms with Gasteiger partial charge in [-0.1, -0.05) is 41.3 Å². The van der Waals surface area contributed by atoms with Gasteiger partial charge in [-0.3, -0.25) is 4.79 Å². The SMILES string of the molecule is CC(Sc1nnc(NCc2ccco2)s1)C(=O)N1c2ccccc2CC1C. The molecule has 0 fully saturated rings. The number of thioether (sulfide) groups is 1. The summed E-state index contributed by atoms with van der Waals surface area (Å²) in [5, 5.41) is 12.0. The molecule has 6 nitrogen and oxygen atoms in total. The van der Waals surface area contributed by atoms with E-state index in [4.69, 9.17) is 4.42 Å². The molecule has 1 amide bonds. The number of hydrogen-bond acceptors (Lipinski definition) is 7. The summed E-state index contributed by atoms with van der Waals surface area (Å²) in [6.07, 6.45) is 2.54. The average molecular weight is 401 g/mol. The largest absolute Gasteiger partial charge is 0.467 e. The van der Waals surface area contributed by atoms with Crippen LogP contribution in [0.4, 0.5) is 10.8 Å². The van der Waals surface area contributed by atoms with Crippen molar-refractivity contribution < 1.29 is 9.21 Å². The van der Waals surface area contributed by atoms with Crippen LogP contribution in [0.1, 0.15) is 25.2 Å². The fraction of sp³-hybridized carbons (Fsp3) is 0.316. The molecule has 27 heavy (non-hydrogen) atoms. The molecule has 2 unspecified atom stereocenters. The van der Waals surface area contributed by atoms with Crippen molar-refractivity contribution in [2.75, 3.05) is 10.2 Å². The van der Waals surface area contributed by atoms with Gasteiger partial charge in [0.15, 0.2) is 4.34 Å². The number of benzene rings is 1. The molecule has 1 aliphatic rings. The first-order valence-electron chi connectivity index (χ1n) is 8.79. The topological polar surface area (TPSA) is 71.3 Å². The van der Waals surface area contributed by atoms with Crippen molar-refractivity contribution in [2.24, 2.45) is 0 Å². The molecule has 0 spiro atoms. The predicted octanol–water partition coefficient (Wildman–Crippen LogP) is 4.20.